The molecule has 1 aromatic rings. The molecule has 0 aromatic heterocycles. The summed E-state index contributed by atoms with van der Waals surface area (Å²) in [4.78, 5) is 38.6. The Labute approximate surface area is 237 Å². The molecule has 40 heavy (non-hydrogen) atoms. The first-order valence-electron chi connectivity index (χ1n) is 14.7. The maximum atomic E-state index is 13.7. The Kier molecular flexibility index (Phi) is 9.27. The molecule has 218 valence electrons. The van der Waals surface area contributed by atoms with Crippen LogP contribution in [-0.4, -0.2) is 48.7 Å². The van der Waals surface area contributed by atoms with Crippen molar-refractivity contribution in [3.63, 3.8) is 0 Å². The number of carbonyl (C=O) groups excluding carboxylic acids is 2. The molecule has 3 fully saturated rings. The number of hydrogen-bond donors (Lipinski definition) is 3. The van der Waals surface area contributed by atoms with Gasteiger partial charge in [0.15, 0.2) is 0 Å². The number of carboxylic acid groups (broad SMARTS) is 1. The zero-order chi connectivity index (χ0) is 29.0. The Balaban J connectivity index is 1.50. The van der Waals surface area contributed by atoms with Crippen molar-refractivity contribution in [1.29, 1.82) is 5.26 Å². The number of rotatable bonds is 11. The number of nitrogens with one attached hydrogen (secondary N) is 2. The third-order valence-corrected chi connectivity index (χ3v) is 9.75. The fraction of sp³-hybridized carbons (Fsp3) is 0.677. The number of carboxylic acids is 1. The number of aliphatic carboxylic acids is 1. The summed E-state index contributed by atoms with van der Waals surface area (Å²) >= 11 is 0. The van der Waals surface area contributed by atoms with Gasteiger partial charge in [-0.05, 0) is 75.7 Å². The first-order chi connectivity index (χ1) is 19.1. The topological polar surface area (TPSA) is 138 Å². The van der Waals surface area contributed by atoms with E-state index in [1.165, 1.54) is 13.2 Å². The van der Waals surface area contributed by atoms with Gasteiger partial charge in [-0.3, -0.25) is 14.4 Å². The fourth-order valence-corrected chi connectivity index (χ4v) is 6.88. The van der Waals surface area contributed by atoms with E-state index in [4.69, 9.17) is 9.47 Å². The first kappa shape index (κ1) is 29.7. The molecule has 0 saturated heterocycles. The third kappa shape index (κ3) is 6.06. The summed E-state index contributed by atoms with van der Waals surface area (Å²) in [5.74, 6) is 0.100. The van der Waals surface area contributed by atoms with Crippen LogP contribution < -0.4 is 20.1 Å². The molecule has 2 amide bonds. The van der Waals surface area contributed by atoms with E-state index < -0.39 is 11.4 Å². The van der Waals surface area contributed by atoms with Crippen LogP contribution in [0.15, 0.2) is 12.1 Å². The number of fused-ring (bicyclic) bond motifs is 2. The number of hydrogen-bond acceptors (Lipinski definition) is 6. The molecule has 9 nitrogen and oxygen atoms in total. The van der Waals surface area contributed by atoms with Gasteiger partial charge >= 0.3 is 5.97 Å². The molecule has 1 aromatic carbocycles. The average Bonchev–Trinajstić information content (AvgIpc) is 3.56. The molecule has 3 aliphatic rings. The number of amides is 2. The minimum atomic E-state index is -0.810. The maximum Gasteiger partial charge on any atom is 0.309 e. The number of nitrogens with zero attached hydrogens (tertiary/aromatic N) is 1. The lowest BCUT2D eigenvalue weighted by molar-refractivity contribution is -0.150. The predicted molar refractivity (Wildman–Crippen MR) is 149 cm³/mol. The van der Waals surface area contributed by atoms with Crippen LogP contribution in [0.3, 0.4) is 0 Å². The average molecular weight is 554 g/mol. The Morgan fingerprint density at radius 3 is 2.38 bits per heavy atom. The Morgan fingerprint density at radius 2 is 1.77 bits per heavy atom. The van der Waals surface area contributed by atoms with Crippen molar-refractivity contribution < 1.29 is 29.0 Å². The zero-order valence-corrected chi connectivity index (χ0v) is 24.1. The molecule has 3 aliphatic carbocycles. The van der Waals surface area contributed by atoms with E-state index in [1.807, 2.05) is 0 Å². The second-order valence-corrected chi connectivity index (χ2v) is 12.1. The van der Waals surface area contributed by atoms with Gasteiger partial charge in [-0.25, -0.2) is 0 Å². The molecular weight excluding hydrogens is 510 g/mol. The molecule has 4 rings (SSSR count). The van der Waals surface area contributed by atoms with Gasteiger partial charge in [0, 0.05) is 18.7 Å². The highest BCUT2D eigenvalue weighted by Gasteiger charge is 2.51. The van der Waals surface area contributed by atoms with Gasteiger partial charge in [-0.15, -0.1) is 0 Å². The van der Waals surface area contributed by atoms with Crippen molar-refractivity contribution in [3.8, 4) is 17.6 Å². The second kappa shape index (κ2) is 12.5. The minimum Gasteiger partial charge on any atom is -0.496 e. The fourth-order valence-electron chi connectivity index (χ4n) is 6.88. The number of carbonyl (C=O) groups is 3. The highest BCUT2D eigenvalue weighted by Crippen LogP contribution is 2.49. The summed E-state index contributed by atoms with van der Waals surface area (Å²) in [7, 11) is 1.45. The number of benzene rings is 1. The summed E-state index contributed by atoms with van der Waals surface area (Å²) in [6.07, 6.45) is 6.73. The van der Waals surface area contributed by atoms with Crippen molar-refractivity contribution in [2.45, 2.75) is 90.7 Å². The largest absolute Gasteiger partial charge is 0.496 e. The van der Waals surface area contributed by atoms with E-state index in [1.54, 1.807) is 13.0 Å². The molecule has 4 atom stereocenters. The molecule has 3 N–H and O–H groups in total. The number of methoxy groups -OCH3 is 1. The van der Waals surface area contributed by atoms with Crippen LogP contribution in [0.1, 0.15) is 94.5 Å². The lowest BCUT2D eigenvalue weighted by Gasteiger charge is -2.34. The van der Waals surface area contributed by atoms with Crippen molar-refractivity contribution >= 4 is 17.8 Å². The normalized spacial score (nSPS) is 29.1. The van der Waals surface area contributed by atoms with Crippen molar-refractivity contribution in [2.24, 2.45) is 29.1 Å². The summed E-state index contributed by atoms with van der Waals surface area (Å²) in [5.41, 5.74) is -0.277. The Morgan fingerprint density at radius 1 is 1.10 bits per heavy atom. The van der Waals surface area contributed by atoms with Gasteiger partial charge < -0.3 is 25.2 Å². The molecule has 0 heterocycles. The minimum absolute atomic E-state index is 0.0193. The van der Waals surface area contributed by atoms with E-state index in [2.05, 4.69) is 30.6 Å². The maximum absolute atomic E-state index is 13.7. The molecule has 9 heteroatoms. The standard InChI is InChI=1S/C31H43N3O6/c1-5-18(6-2)17-33-29(36)26-19-7-8-20(13-19)27(26)34-28(35)23-15-24(21(16-32)14-25(23)39-4)40-22-9-11-31(3,12-10-22)30(37)38/h14-15,18-20,22,26-27H,5-13,17H2,1-4H3,(H,33,36)(H,34,35)(H,37,38). The highest BCUT2D eigenvalue weighted by atomic mass is 16.5. The van der Waals surface area contributed by atoms with Crippen LogP contribution in [0.5, 0.6) is 11.5 Å². The number of ether oxygens (including phenoxy) is 2. The summed E-state index contributed by atoms with van der Waals surface area (Å²) in [6, 6.07) is 4.92. The number of nitriles is 1. The van der Waals surface area contributed by atoms with E-state index in [-0.39, 0.29) is 64.3 Å². The lowest BCUT2D eigenvalue weighted by atomic mass is 9.75. The van der Waals surface area contributed by atoms with Gasteiger partial charge in [0.1, 0.15) is 17.6 Å². The van der Waals surface area contributed by atoms with Gasteiger partial charge in [-0.2, -0.15) is 5.26 Å². The summed E-state index contributed by atoms with van der Waals surface area (Å²) in [6.45, 7) is 6.66. The van der Waals surface area contributed by atoms with Crippen LogP contribution in [-0.2, 0) is 9.59 Å². The second-order valence-electron chi connectivity index (χ2n) is 12.1. The first-order valence-corrected chi connectivity index (χ1v) is 14.7. The molecule has 4 unspecified atom stereocenters. The van der Waals surface area contributed by atoms with Gasteiger partial charge in [0.05, 0.1) is 35.7 Å². The monoisotopic (exact) mass is 553 g/mol. The van der Waals surface area contributed by atoms with E-state index >= 15 is 0 Å². The molecule has 3 saturated carbocycles. The lowest BCUT2D eigenvalue weighted by Crippen LogP contribution is -2.50. The summed E-state index contributed by atoms with van der Waals surface area (Å²) < 4.78 is 11.7. The SMILES string of the molecule is CCC(CC)CNC(=O)C1C2CCC(C2)C1NC(=O)c1cc(OC2CCC(C)(C(=O)O)CC2)c(C#N)cc1OC. The van der Waals surface area contributed by atoms with Crippen molar-refractivity contribution in [2.75, 3.05) is 13.7 Å². The Hall–Kier alpha value is -3.28. The molecule has 0 radical (unpaired) electrons. The van der Waals surface area contributed by atoms with Crippen LogP contribution in [0.2, 0.25) is 0 Å². The summed E-state index contributed by atoms with van der Waals surface area (Å²) in [5, 5.41) is 25.6. The molecule has 0 aliphatic heterocycles. The molecule has 2 bridgehead atoms. The van der Waals surface area contributed by atoms with Crippen LogP contribution in [0, 0.1) is 40.4 Å². The van der Waals surface area contributed by atoms with E-state index in [9.17, 15) is 24.8 Å². The van der Waals surface area contributed by atoms with Crippen LogP contribution in [0.25, 0.3) is 0 Å². The van der Waals surface area contributed by atoms with E-state index in [0.29, 0.717) is 38.1 Å². The highest BCUT2D eigenvalue weighted by molar-refractivity contribution is 5.98. The van der Waals surface area contributed by atoms with Gasteiger partial charge in [0.25, 0.3) is 5.91 Å². The smallest absolute Gasteiger partial charge is 0.309 e. The zero-order valence-electron chi connectivity index (χ0n) is 24.1. The van der Waals surface area contributed by atoms with Crippen molar-refractivity contribution in [3.05, 3.63) is 23.3 Å². The quantitative estimate of drug-likeness (QED) is 0.362. The van der Waals surface area contributed by atoms with Crippen LogP contribution in [0.4, 0.5) is 0 Å². The van der Waals surface area contributed by atoms with Crippen LogP contribution >= 0.6 is 0 Å². The van der Waals surface area contributed by atoms with Gasteiger partial charge in [-0.1, -0.05) is 26.7 Å². The van der Waals surface area contributed by atoms with E-state index in [0.717, 1.165) is 32.1 Å². The predicted octanol–water partition coefficient (Wildman–Crippen LogP) is 4.68. The molecular formula is C31H43N3O6. The van der Waals surface area contributed by atoms with Gasteiger partial charge in [0.2, 0.25) is 5.91 Å². The Bertz CT molecular complexity index is 1150. The molecule has 0 spiro atoms. The van der Waals surface area contributed by atoms with Crippen molar-refractivity contribution in [1.82, 2.24) is 10.6 Å². The third-order valence-electron chi connectivity index (χ3n) is 9.75.